The van der Waals surface area contributed by atoms with Crippen LogP contribution in [0.2, 0.25) is 5.02 Å². The van der Waals surface area contributed by atoms with Crippen molar-refractivity contribution in [3.8, 4) is 0 Å². The molecule has 0 radical (unpaired) electrons. The molecule has 0 aliphatic carbocycles. The number of rotatable bonds is 9. The number of aryl methyl sites for hydroxylation is 1. The Kier molecular flexibility index (Phi) is 8.02. The number of halogens is 1. The van der Waals surface area contributed by atoms with Crippen LogP contribution in [0.4, 0.5) is 4.79 Å². The highest BCUT2D eigenvalue weighted by molar-refractivity contribution is 8.18. The van der Waals surface area contributed by atoms with Gasteiger partial charge in [-0.2, -0.15) is 0 Å². The molecule has 2 aromatic heterocycles. The molecule has 1 N–H and O–H groups in total. The van der Waals surface area contributed by atoms with Crippen molar-refractivity contribution in [2.45, 2.75) is 26.4 Å². The standard InChI is InChI=1S/C29H24ClN3O4S2/c1-2-18-5-3-7-23-20(15-32(27(18)23)17-26(35)31-14-22-6-4-12-38-22)13-25-28(36)33(29(37)39-25)16-24(34)19-8-10-21(30)11-9-19/h3-13,15H,2,14,16-17H2,1H3,(H,31,35)/b25-13-. The van der Waals surface area contributed by atoms with Gasteiger partial charge in [0, 0.05) is 32.6 Å². The summed E-state index contributed by atoms with van der Waals surface area (Å²) in [4.78, 5) is 53.6. The Morgan fingerprint density at radius 1 is 1.03 bits per heavy atom. The predicted molar refractivity (Wildman–Crippen MR) is 156 cm³/mol. The molecule has 1 aliphatic heterocycles. The lowest BCUT2D eigenvalue weighted by molar-refractivity contribution is -0.123. The fraction of sp³-hybridized carbons (Fsp3) is 0.172. The lowest BCUT2D eigenvalue weighted by Gasteiger charge is -2.11. The summed E-state index contributed by atoms with van der Waals surface area (Å²) >= 11 is 8.28. The average Bonchev–Trinajstić information content (AvgIpc) is 3.64. The fourth-order valence-corrected chi connectivity index (χ4v) is 6.05. The number of thiophene rings is 1. The molecule has 1 aliphatic rings. The van der Waals surface area contributed by atoms with Crippen LogP contribution < -0.4 is 5.32 Å². The molecule has 2 aromatic carbocycles. The zero-order chi connectivity index (χ0) is 27.5. The minimum absolute atomic E-state index is 0.115. The molecule has 198 valence electrons. The normalized spacial score (nSPS) is 14.5. The smallest absolute Gasteiger partial charge is 0.293 e. The minimum Gasteiger partial charge on any atom is -0.350 e. The molecule has 4 aromatic rings. The third kappa shape index (κ3) is 5.85. The summed E-state index contributed by atoms with van der Waals surface area (Å²) in [6, 6.07) is 16.1. The molecule has 1 fully saturated rings. The number of benzene rings is 2. The van der Waals surface area contributed by atoms with Crippen LogP contribution in [-0.2, 0) is 29.1 Å². The van der Waals surface area contributed by atoms with Gasteiger partial charge in [0.1, 0.15) is 6.54 Å². The first kappa shape index (κ1) is 26.9. The maximum Gasteiger partial charge on any atom is 0.293 e. The number of Topliss-reactive ketones (excluding diaryl/α,β-unsaturated/α-hetero) is 1. The molecule has 0 saturated carbocycles. The van der Waals surface area contributed by atoms with Crippen LogP contribution >= 0.6 is 34.7 Å². The Morgan fingerprint density at radius 2 is 1.82 bits per heavy atom. The Labute approximate surface area is 238 Å². The quantitative estimate of drug-likeness (QED) is 0.190. The molecule has 3 heterocycles. The minimum atomic E-state index is -0.520. The van der Waals surface area contributed by atoms with Crippen LogP contribution in [0.15, 0.2) is 71.1 Å². The van der Waals surface area contributed by atoms with Crippen molar-refractivity contribution in [2.24, 2.45) is 0 Å². The largest absolute Gasteiger partial charge is 0.350 e. The van der Waals surface area contributed by atoms with Crippen LogP contribution in [0.1, 0.15) is 33.3 Å². The summed E-state index contributed by atoms with van der Waals surface area (Å²) in [6.07, 6.45) is 4.27. The third-order valence-electron chi connectivity index (χ3n) is 6.38. The molecule has 1 saturated heterocycles. The molecule has 3 amide bonds. The highest BCUT2D eigenvalue weighted by Gasteiger charge is 2.36. The summed E-state index contributed by atoms with van der Waals surface area (Å²) < 4.78 is 1.89. The van der Waals surface area contributed by atoms with E-state index in [0.717, 1.165) is 50.0 Å². The lowest BCUT2D eigenvalue weighted by Crippen LogP contribution is -2.33. The van der Waals surface area contributed by atoms with Gasteiger partial charge in [-0.05, 0) is 65.5 Å². The number of carbonyl (C=O) groups excluding carboxylic acids is 4. The van der Waals surface area contributed by atoms with Crippen LogP contribution in [0, 0.1) is 0 Å². The van der Waals surface area contributed by atoms with Gasteiger partial charge in [0.05, 0.1) is 23.5 Å². The van der Waals surface area contributed by atoms with Gasteiger partial charge < -0.3 is 9.88 Å². The summed E-state index contributed by atoms with van der Waals surface area (Å²) in [5.74, 6) is -1.000. The highest BCUT2D eigenvalue weighted by atomic mass is 35.5. The van der Waals surface area contributed by atoms with Gasteiger partial charge in [0.15, 0.2) is 5.78 Å². The first-order valence-electron chi connectivity index (χ1n) is 12.3. The zero-order valence-corrected chi connectivity index (χ0v) is 23.4. The number of fused-ring (bicyclic) bond motifs is 1. The van der Waals surface area contributed by atoms with E-state index in [2.05, 4.69) is 5.32 Å². The van der Waals surface area contributed by atoms with Gasteiger partial charge >= 0.3 is 0 Å². The Bertz CT molecular complexity index is 1610. The second-order valence-electron chi connectivity index (χ2n) is 8.93. The Balaban J connectivity index is 1.39. The average molecular weight is 578 g/mol. The summed E-state index contributed by atoms with van der Waals surface area (Å²) in [5, 5.41) is 5.80. The number of thioether (sulfide) groups is 1. The number of carbonyl (C=O) groups is 4. The van der Waals surface area contributed by atoms with Crippen molar-refractivity contribution in [1.29, 1.82) is 0 Å². The van der Waals surface area contributed by atoms with Gasteiger partial charge in [-0.25, -0.2) is 0 Å². The molecule has 0 bridgehead atoms. The number of para-hydroxylation sites is 1. The van der Waals surface area contributed by atoms with E-state index in [1.165, 1.54) is 0 Å². The van der Waals surface area contributed by atoms with Gasteiger partial charge in [-0.1, -0.05) is 42.8 Å². The van der Waals surface area contributed by atoms with E-state index in [0.29, 0.717) is 17.1 Å². The molecule has 0 atom stereocenters. The van der Waals surface area contributed by atoms with E-state index < -0.39 is 11.1 Å². The van der Waals surface area contributed by atoms with E-state index in [-0.39, 0.29) is 29.7 Å². The van der Waals surface area contributed by atoms with Crippen molar-refractivity contribution in [3.63, 3.8) is 0 Å². The van der Waals surface area contributed by atoms with Crippen LogP contribution in [-0.4, -0.2) is 38.8 Å². The van der Waals surface area contributed by atoms with Crippen molar-refractivity contribution >= 4 is 74.5 Å². The molecule has 7 nitrogen and oxygen atoms in total. The number of amides is 3. The zero-order valence-electron chi connectivity index (χ0n) is 21.0. The lowest BCUT2D eigenvalue weighted by atomic mass is 10.1. The first-order valence-corrected chi connectivity index (χ1v) is 14.4. The third-order valence-corrected chi connectivity index (χ3v) is 8.41. The number of nitrogens with one attached hydrogen (secondary N) is 1. The SMILES string of the molecule is CCc1cccc2c(/C=C3\SC(=O)N(CC(=O)c4ccc(Cl)cc4)C3=O)cn(CC(=O)NCc3cccs3)c12. The maximum atomic E-state index is 13.2. The first-order chi connectivity index (χ1) is 18.8. The maximum absolute atomic E-state index is 13.2. The molecule has 5 rings (SSSR count). The summed E-state index contributed by atoms with van der Waals surface area (Å²) in [5.41, 5.74) is 3.07. The van der Waals surface area contributed by atoms with Gasteiger partial charge in [0.2, 0.25) is 5.91 Å². The molecular formula is C29H24ClN3O4S2. The van der Waals surface area contributed by atoms with Crippen molar-refractivity contribution in [1.82, 2.24) is 14.8 Å². The van der Waals surface area contributed by atoms with E-state index in [9.17, 15) is 19.2 Å². The number of imide groups is 1. The topological polar surface area (TPSA) is 88.5 Å². The Hall–Kier alpha value is -3.66. The van der Waals surface area contributed by atoms with Gasteiger partial charge in [0.25, 0.3) is 11.1 Å². The molecule has 0 spiro atoms. The number of hydrogen-bond acceptors (Lipinski definition) is 6. The van der Waals surface area contributed by atoms with Crippen molar-refractivity contribution in [3.05, 3.63) is 97.7 Å². The number of hydrogen-bond donors (Lipinski definition) is 1. The van der Waals surface area contributed by atoms with E-state index in [1.54, 1.807) is 41.7 Å². The fourth-order valence-electron chi connectivity index (χ4n) is 4.45. The predicted octanol–water partition coefficient (Wildman–Crippen LogP) is 6.15. The van der Waals surface area contributed by atoms with Crippen LogP contribution in [0.5, 0.6) is 0 Å². The summed E-state index contributed by atoms with van der Waals surface area (Å²) in [6.45, 7) is 2.27. The summed E-state index contributed by atoms with van der Waals surface area (Å²) in [7, 11) is 0. The van der Waals surface area contributed by atoms with Gasteiger partial charge in [-0.3, -0.25) is 24.1 Å². The van der Waals surface area contributed by atoms with Gasteiger partial charge in [-0.15, -0.1) is 11.3 Å². The number of aromatic nitrogens is 1. The molecule has 39 heavy (non-hydrogen) atoms. The van der Waals surface area contributed by atoms with Crippen molar-refractivity contribution in [2.75, 3.05) is 6.54 Å². The molecule has 10 heteroatoms. The second-order valence-corrected chi connectivity index (χ2v) is 11.4. The van der Waals surface area contributed by atoms with E-state index in [1.807, 2.05) is 53.4 Å². The van der Waals surface area contributed by atoms with E-state index >= 15 is 0 Å². The molecule has 0 unspecified atom stereocenters. The number of ketones is 1. The Morgan fingerprint density at radius 3 is 2.54 bits per heavy atom. The van der Waals surface area contributed by atoms with Crippen molar-refractivity contribution < 1.29 is 19.2 Å². The van der Waals surface area contributed by atoms with E-state index in [4.69, 9.17) is 11.6 Å². The second kappa shape index (κ2) is 11.6. The number of nitrogens with zero attached hydrogens (tertiary/aromatic N) is 2. The monoisotopic (exact) mass is 577 g/mol. The van der Waals surface area contributed by atoms with Crippen LogP contribution in [0.25, 0.3) is 17.0 Å². The van der Waals surface area contributed by atoms with Crippen LogP contribution in [0.3, 0.4) is 0 Å². The highest BCUT2D eigenvalue weighted by Crippen LogP contribution is 2.35. The molecular weight excluding hydrogens is 554 g/mol.